The SMILES string of the molecule is C=CCN(CC=C)c1nc(NC(=O)CC)n2oc(=O)nc2n1. The molecule has 9 heteroatoms. The quantitative estimate of drug-likeness (QED) is 0.747. The molecule has 0 bridgehead atoms. The third kappa shape index (κ3) is 3.19. The van der Waals surface area contributed by atoms with E-state index in [2.05, 4.69) is 33.4 Å². The van der Waals surface area contributed by atoms with Crippen LogP contribution >= 0.6 is 0 Å². The molecule has 0 saturated carbocycles. The van der Waals surface area contributed by atoms with Crippen molar-refractivity contribution in [3.8, 4) is 0 Å². The smallest absolute Gasteiger partial charge is 0.333 e. The number of aromatic nitrogens is 4. The molecule has 0 fully saturated rings. The van der Waals surface area contributed by atoms with Crippen LogP contribution in [0.2, 0.25) is 0 Å². The van der Waals surface area contributed by atoms with E-state index in [1.807, 2.05) is 0 Å². The third-order valence-electron chi connectivity index (χ3n) is 2.69. The Hall–Kier alpha value is -2.97. The molecule has 1 amide bonds. The van der Waals surface area contributed by atoms with Crippen molar-refractivity contribution in [2.24, 2.45) is 0 Å². The average Bonchev–Trinajstić information content (AvgIpc) is 2.87. The molecule has 22 heavy (non-hydrogen) atoms. The first-order valence-corrected chi connectivity index (χ1v) is 6.63. The molecule has 0 radical (unpaired) electrons. The van der Waals surface area contributed by atoms with E-state index in [9.17, 15) is 9.59 Å². The molecule has 0 saturated heterocycles. The summed E-state index contributed by atoms with van der Waals surface area (Å²) < 4.78 is 5.84. The molecule has 0 aliphatic heterocycles. The Morgan fingerprint density at radius 2 is 2.00 bits per heavy atom. The number of carbonyl (C=O) groups excluding carboxylic acids is 1. The second-order valence-corrected chi connectivity index (χ2v) is 4.29. The van der Waals surface area contributed by atoms with Gasteiger partial charge in [0.25, 0.3) is 11.7 Å². The van der Waals surface area contributed by atoms with Gasteiger partial charge in [0.1, 0.15) is 0 Å². The lowest BCUT2D eigenvalue weighted by atomic mass is 10.4. The van der Waals surface area contributed by atoms with Crippen molar-refractivity contribution >= 4 is 23.6 Å². The van der Waals surface area contributed by atoms with Gasteiger partial charge in [-0.25, -0.2) is 4.79 Å². The van der Waals surface area contributed by atoms with Crippen LogP contribution in [-0.2, 0) is 4.79 Å². The van der Waals surface area contributed by atoms with Gasteiger partial charge in [0.2, 0.25) is 11.9 Å². The van der Waals surface area contributed by atoms with Crippen LogP contribution in [0.3, 0.4) is 0 Å². The summed E-state index contributed by atoms with van der Waals surface area (Å²) in [5.41, 5.74) is 0. The second-order valence-electron chi connectivity index (χ2n) is 4.29. The van der Waals surface area contributed by atoms with Gasteiger partial charge in [0.15, 0.2) is 0 Å². The molecule has 2 aromatic heterocycles. The zero-order valence-electron chi connectivity index (χ0n) is 12.2. The van der Waals surface area contributed by atoms with Gasteiger partial charge >= 0.3 is 5.76 Å². The lowest BCUT2D eigenvalue weighted by molar-refractivity contribution is -0.116. The Bertz CT molecular complexity index is 753. The van der Waals surface area contributed by atoms with Gasteiger partial charge in [0.05, 0.1) is 0 Å². The molecular weight excluding hydrogens is 288 g/mol. The highest BCUT2D eigenvalue weighted by atomic mass is 16.5. The summed E-state index contributed by atoms with van der Waals surface area (Å²) in [7, 11) is 0. The first-order valence-electron chi connectivity index (χ1n) is 6.63. The zero-order chi connectivity index (χ0) is 16.1. The normalized spacial score (nSPS) is 10.4. The summed E-state index contributed by atoms with van der Waals surface area (Å²) in [6.45, 7) is 9.96. The molecule has 0 aliphatic carbocycles. The van der Waals surface area contributed by atoms with Gasteiger partial charge in [-0.1, -0.05) is 23.6 Å². The molecule has 0 aliphatic rings. The van der Waals surface area contributed by atoms with Crippen molar-refractivity contribution in [1.29, 1.82) is 0 Å². The van der Waals surface area contributed by atoms with E-state index < -0.39 is 5.76 Å². The van der Waals surface area contributed by atoms with Crippen LogP contribution in [0.25, 0.3) is 5.78 Å². The predicted octanol–water partition coefficient (Wildman–Crippen LogP) is 0.604. The van der Waals surface area contributed by atoms with Crippen LogP contribution in [0.15, 0.2) is 34.6 Å². The Labute approximate surface area is 126 Å². The number of nitrogens with zero attached hydrogens (tertiary/aromatic N) is 5. The van der Waals surface area contributed by atoms with Crippen LogP contribution in [0.1, 0.15) is 13.3 Å². The van der Waals surface area contributed by atoms with Gasteiger partial charge in [-0.2, -0.15) is 9.97 Å². The van der Waals surface area contributed by atoms with E-state index in [0.717, 1.165) is 4.57 Å². The summed E-state index contributed by atoms with van der Waals surface area (Å²) in [5.74, 6) is -0.766. The number of hydrogen-bond donors (Lipinski definition) is 1. The van der Waals surface area contributed by atoms with Crippen molar-refractivity contribution in [1.82, 2.24) is 19.5 Å². The number of amides is 1. The lowest BCUT2D eigenvalue weighted by Gasteiger charge is -2.19. The van der Waals surface area contributed by atoms with Crippen LogP contribution in [0.5, 0.6) is 0 Å². The van der Waals surface area contributed by atoms with E-state index >= 15 is 0 Å². The molecule has 2 aromatic rings. The first kappa shape index (κ1) is 15.4. The molecule has 9 nitrogen and oxygen atoms in total. The number of anilines is 2. The summed E-state index contributed by atoms with van der Waals surface area (Å²) in [6, 6.07) is 0. The van der Waals surface area contributed by atoms with Crippen LogP contribution in [-0.4, -0.2) is 38.5 Å². The Morgan fingerprint density at radius 3 is 2.59 bits per heavy atom. The molecule has 0 unspecified atom stereocenters. The fraction of sp³-hybridized carbons (Fsp3) is 0.308. The van der Waals surface area contributed by atoms with Gasteiger partial charge in [-0.15, -0.1) is 18.1 Å². The minimum Gasteiger partial charge on any atom is -0.333 e. The highest BCUT2D eigenvalue weighted by Gasteiger charge is 2.16. The Balaban J connectivity index is 2.55. The minimum absolute atomic E-state index is 0.0135. The molecule has 2 heterocycles. The molecule has 1 N–H and O–H groups in total. The number of fused-ring (bicyclic) bond motifs is 1. The topological polar surface area (TPSA) is 106 Å². The van der Waals surface area contributed by atoms with E-state index in [0.29, 0.717) is 13.1 Å². The van der Waals surface area contributed by atoms with Crippen LogP contribution in [0.4, 0.5) is 11.9 Å². The third-order valence-corrected chi connectivity index (χ3v) is 2.69. The summed E-state index contributed by atoms with van der Waals surface area (Å²) in [4.78, 5) is 36.6. The van der Waals surface area contributed by atoms with E-state index in [1.54, 1.807) is 24.0 Å². The van der Waals surface area contributed by atoms with Crippen LogP contribution in [0, 0.1) is 0 Å². The van der Waals surface area contributed by atoms with Gasteiger partial charge in [0, 0.05) is 19.5 Å². The standard InChI is InChI=1S/C13H16N6O3/c1-4-7-18(8-5-2)10-15-11(14-9(20)6-3)19-12(16-10)17-13(21)22-19/h4-5H,1-2,6-8H2,3H3,(H,14,15,16,17,20,21). The van der Waals surface area contributed by atoms with Gasteiger partial charge in [-0.3, -0.25) is 10.1 Å². The molecule has 0 atom stereocenters. The van der Waals surface area contributed by atoms with Crippen molar-refractivity contribution in [3.05, 3.63) is 35.9 Å². The lowest BCUT2D eigenvalue weighted by Crippen LogP contribution is -2.26. The maximum Gasteiger partial charge on any atom is 0.462 e. The van der Waals surface area contributed by atoms with Crippen molar-refractivity contribution < 1.29 is 9.32 Å². The second kappa shape index (κ2) is 6.66. The number of nitrogens with one attached hydrogen (secondary N) is 1. The monoisotopic (exact) mass is 304 g/mol. The number of carbonyl (C=O) groups is 1. The van der Waals surface area contributed by atoms with E-state index in [4.69, 9.17) is 4.52 Å². The van der Waals surface area contributed by atoms with Crippen molar-refractivity contribution in [2.45, 2.75) is 13.3 Å². The summed E-state index contributed by atoms with van der Waals surface area (Å²) >= 11 is 0. The van der Waals surface area contributed by atoms with Crippen molar-refractivity contribution in [2.75, 3.05) is 23.3 Å². The largest absolute Gasteiger partial charge is 0.462 e. The molecule has 0 aromatic carbocycles. The van der Waals surface area contributed by atoms with Gasteiger partial charge < -0.3 is 9.42 Å². The van der Waals surface area contributed by atoms with Gasteiger partial charge in [-0.05, 0) is 0 Å². The predicted molar refractivity (Wildman–Crippen MR) is 80.8 cm³/mol. The highest BCUT2D eigenvalue weighted by Crippen LogP contribution is 2.14. The summed E-state index contributed by atoms with van der Waals surface area (Å²) in [5, 5.41) is 2.55. The summed E-state index contributed by atoms with van der Waals surface area (Å²) in [6.07, 6.45) is 3.61. The maximum atomic E-state index is 11.6. The zero-order valence-corrected chi connectivity index (χ0v) is 12.2. The Morgan fingerprint density at radius 1 is 1.32 bits per heavy atom. The Kier molecular flexibility index (Phi) is 4.66. The average molecular weight is 304 g/mol. The van der Waals surface area contributed by atoms with E-state index in [-0.39, 0.29) is 30.0 Å². The molecular formula is C13H16N6O3. The number of rotatable bonds is 7. The van der Waals surface area contributed by atoms with Crippen LogP contribution < -0.4 is 16.0 Å². The molecule has 2 rings (SSSR count). The first-order chi connectivity index (χ1) is 10.6. The van der Waals surface area contributed by atoms with E-state index in [1.165, 1.54) is 0 Å². The number of hydrogen-bond acceptors (Lipinski definition) is 7. The highest BCUT2D eigenvalue weighted by molar-refractivity contribution is 5.89. The fourth-order valence-electron chi connectivity index (χ4n) is 1.71. The fourth-order valence-corrected chi connectivity index (χ4v) is 1.71. The molecule has 116 valence electrons. The molecule has 0 spiro atoms. The minimum atomic E-state index is -0.822. The van der Waals surface area contributed by atoms with Crippen molar-refractivity contribution in [3.63, 3.8) is 0 Å². The maximum absolute atomic E-state index is 11.6.